The van der Waals surface area contributed by atoms with Crippen LogP contribution in [-0.4, -0.2) is 124 Å². The minimum absolute atomic E-state index is 0. The number of rotatable bonds is 30. The van der Waals surface area contributed by atoms with Gasteiger partial charge in [-0.15, -0.1) is 48.9 Å². The molecule has 0 aliphatic carbocycles. The van der Waals surface area contributed by atoms with Crippen LogP contribution < -0.4 is 0 Å². The van der Waals surface area contributed by atoms with Gasteiger partial charge in [-0.3, -0.25) is 0 Å². The number of likely N-dealkylation sites (N-methyl/N-ethyl adjacent to an activating group) is 4. The van der Waals surface area contributed by atoms with Gasteiger partial charge in [-0.25, -0.2) is 0 Å². The molecule has 0 fully saturated rings. The fourth-order valence-electron chi connectivity index (χ4n) is 7.45. The summed E-state index contributed by atoms with van der Waals surface area (Å²) in [6.45, 7) is 33.9. The number of nitrogens with zero attached hydrogens (tertiary/aromatic N) is 8. The molecule has 0 saturated heterocycles. The summed E-state index contributed by atoms with van der Waals surface area (Å²) in [5.74, 6) is 0. The minimum Gasteiger partial charge on any atom is -0.683 e. The topological polar surface area (TPSA) is 69.4 Å². The second kappa shape index (κ2) is 35.5. The summed E-state index contributed by atoms with van der Waals surface area (Å²) >= 11 is 0. The molecule has 0 amide bonds. The molecule has 8 nitrogen and oxygen atoms in total. The SMILES string of the molecule is CCN(CC)CC[N-]c1ccccc1CCc1ccccc1[N-]CCN(CC)CC.CCN(CC)CC[N-]c1ccccc1CCc1ccccc1[N-]CCN(CC)CC.[Zn+2].[Zn+2]. The van der Waals surface area contributed by atoms with Crippen LogP contribution >= 0.6 is 0 Å². The van der Waals surface area contributed by atoms with Crippen molar-refractivity contribution in [2.75, 3.05) is 105 Å². The molecule has 4 aromatic rings. The summed E-state index contributed by atoms with van der Waals surface area (Å²) in [5, 5.41) is 19.6. The van der Waals surface area contributed by atoms with Crippen LogP contribution in [0.15, 0.2) is 97.1 Å². The number of hydrogen-bond donors (Lipinski definition) is 0. The number of hydrogen-bond acceptors (Lipinski definition) is 4. The summed E-state index contributed by atoms with van der Waals surface area (Å²) < 4.78 is 0. The Labute approximate surface area is 405 Å². The van der Waals surface area contributed by atoms with Crippen molar-refractivity contribution in [3.05, 3.63) is 141 Å². The van der Waals surface area contributed by atoms with Crippen LogP contribution in [0.2, 0.25) is 0 Å². The molecule has 62 heavy (non-hydrogen) atoms. The van der Waals surface area contributed by atoms with Crippen molar-refractivity contribution in [1.29, 1.82) is 0 Å². The molecule has 4 aromatic carbocycles. The van der Waals surface area contributed by atoms with Crippen molar-refractivity contribution in [3.8, 4) is 0 Å². The Bertz CT molecular complexity index is 1430. The fraction of sp³-hybridized carbons (Fsp3) is 0.538. The van der Waals surface area contributed by atoms with Crippen molar-refractivity contribution in [2.45, 2.75) is 81.1 Å². The van der Waals surface area contributed by atoms with Crippen LogP contribution in [0.3, 0.4) is 0 Å². The van der Waals surface area contributed by atoms with E-state index in [0.717, 1.165) is 153 Å². The zero-order valence-corrected chi connectivity index (χ0v) is 46.3. The molecule has 0 radical (unpaired) electrons. The van der Waals surface area contributed by atoms with Gasteiger partial charge in [-0.2, -0.15) is 0 Å². The maximum atomic E-state index is 4.89. The van der Waals surface area contributed by atoms with Gasteiger partial charge in [0.2, 0.25) is 0 Å². The molecule has 0 bridgehead atoms. The second-order valence-electron chi connectivity index (χ2n) is 15.1. The van der Waals surface area contributed by atoms with Crippen molar-refractivity contribution in [3.63, 3.8) is 0 Å². The van der Waals surface area contributed by atoms with Crippen LogP contribution in [0.5, 0.6) is 0 Å². The smallest absolute Gasteiger partial charge is 0.683 e. The van der Waals surface area contributed by atoms with Gasteiger partial charge >= 0.3 is 39.0 Å². The third-order valence-corrected chi connectivity index (χ3v) is 11.7. The van der Waals surface area contributed by atoms with E-state index >= 15 is 0 Å². The Morgan fingerprint density at radius 1 is 0.290 bits per heavy atom. The number of aryl methyl sites for hydroxylation is 4. The number of para-hydroxylation sites is 4. The molecular formula is C52H80N8Zn2. The maximum Gasteiger partial charge on any atom is 2.00 e. The fourth-order valence-corrected chi connectivity index (χ4v) is 7.45. The first-order valence-corrected chi connectivity index (χ1v) is 23.3. The molecule has 0 saturated carbocycles. The van der Waals surface area contributed by atoms with Crippen LogP contribution in [0.25, 0.3) is 21.3 Å². The minimum atomic E-state index is 0. The molecule has 10 heteroatoms. The first kappa shape index (κ1) is 57.2. The quantitative estimate of drug-likeness (QED) is 0.0488. The zero-order valence-electron chi connectivity index (χ0n) is 40.4. The zero-order chi connectivity index (χ0) is 43.2. The van der Waals surface area contributed by atoms with E-state index in [9.17, 15) is 0 Å². The van der Waals surface area contributed by atoms with E-state index in [1.807, 2.05) is 0 Å². The molecule has 0 aromatic heterocycles. The van der Waals surface area contributed by atoms with Crippen LogP contribution in [-0.2, 0) is 64.6 Å². The van der Waals surface area contributed by atoms with Gasteiger partial charge in [0.25, 0.3) is 0 Å². The van der Waals surface area contributed by atoms with Gasteiger partial charge in [-0.1, -0.05) is 175 Å². The largest absolute Gasteiger partial charge is 2.00 e. The Kier molecular flexibility index (Phi) is 32.8. The first-order chi connectivity index (χ1) is 29.4. The van der Waals surface area contributed by atoms with Gasteiger partial charge < -0.3 is 40.9 Å². The van der Waals surface area contributed by atoms with E-state index in [0.29, 0.717) is 0 Å². The van der Waals surface area contributed by atoms with Crippen LogP contribution in [0.4, 0.5) is 22.7 Å². The molecule has 0 unspecified atom stereocenters. The van der Waals surface area contributed by atoms with Gasteiger partial charge in [0.15, 0.2) is 0 Å². The molecular weight excluding hydrogens is 867 g/mol. The van der Waals surface area contributed by atoms with E-state index in [4.69, 9.17) is 21.3 Å². The monoisotopic (exact) mass is 945 g/mol. The summed E-state index contributed by atoms with van der Waals surface area (Å²) in [4.78, 5) is 9.67. The number of benzene rings is 4. The van der Waals surface area contributed by atoms with Crippen molar-refractivity contribution >= 4 is 22.7 Å². The summed E-state index contributed by atoms with van der Waals surface area (Å²) in [6.07, 6.45) is 3.97. The van der Waals surface area contributed by atoms with E-state index in [-0.39, 0.29) is 39.0 Å². The van der Waals surface area contributed by atoms with Gasteiger partial charge in [-0.05, 0) is 104 Å². The maximum absolute atomic E-state index is 4.89. The summed E-state index contributed by atoms with van der Waals surface area (Å²) in [5.41, 5.74) is 9.87. The van der Waals surface area contributed by atoms with E-state index in [2.05, 4.69) is 172 Å². The van der Waals surface area contributed by atoms with E-state index in [1.165, 1.54) is 22.3 Å². The summed E-state index contributed by atoms with van der Waals surface area (Å²) in [7, 11) is 0. The van der Waals surface area contributed by atoms with Crippen LogP contribution in [0, 0.1) is 0 Å². The standard InChI is InChI=1S/2C26H40N4.2Zn/c2*1-5-29(6-2)21-19-27-25-15-11-9-13-23(25)17-18-24-14-10-12-16-26(24)28-20-22-30(7-3)8-4;;/h2*9-16H,5-8,17-22H2,1-4H3;;/q2*-2;2*+2. The summed E-state index contributed by atoms with van der Waals surface area (Å²) in [6, 6.07) is 34.3. The van der Waals surface area contributed by atoms with Gasteiger partial charge in [0.05, 0.1) is 0 Å². The molecule has 0 aliphatic heterocycles. The second-order valence-corrected chi connectivity index (χ2v) is 15.1. The Hall–Kier alpha value is -2.83. The molecule has 0 aliphatic rings. The van der Waals surface area contributed by atoms with Gasteiger partial charge in [0.1, 0.15) is 0 Å². The molecule has 0 N–H and O–H groups in total. The van der Waals surface area contributed by atoms with Crippen molar-refractivity contribution < 1.29 is 39.0 Å². The average molecular weight is 948 g/mol. The Morgan fingerprint density at radius 3 is 0.645 bits per heavy atom. The third-order valence-electron chi connectivity index (χ3n) is 11.7. The van der Waals surface area contributed by atoms with E-state index < -0.39 is 0 Å². The van der Waals surface area contributed by atoms with Crippen molar-refractivity contribution in [1.82, 2.24) is 19.6 Å². The predicted octanol–water partition coefficient (Wildman–Crippen LogP) is 12.3. The first-order valence-electron chi connectivity index (χ1n) is 23.3. The Morgan fingerprint density at radius 2 is 0.468 bits per heavy atom. The Balaban J connectivity index is 0.000000601. The van der Waals surface area contributed by atoms with Crippen LogP contribution in [0.1, 0.15) is 77.6 Å². The molecule has 0 heterocycles. The van der Waals surface area contributed by atoms with Crippen molar-refractivity contribution in [2.24, 2.45) is 0 Å². The van der Waals surface area contributed by atoms with E-state index in [1.54, 1.807) is 0 Å². The predicted molar refractivity (Wildman–Crippen MR) is 263 cm³/mol. The molecule has 0 atom stereocenters. The molecule has 0 spiro atoms. The average Bonchev–Trinajstić information content (AvgIpc) is 3.29. The van der Waals surface area contributed by atoms with Gasteiger partial charge in [0, 0.05) is 0 Å². The molecule has 4 rings (SSSR count). The normalized spacial score (nSPS) is 10.9. The third kappa shape index (κ3) is 21.7. The molecule has 332 valence electrons.